The molecule has 2 aliphatic heterocycles. The molecule has 0 amide bonds. The van der Waals surface area contributed by atoms with Crippen molar-refractivity contribution >= 4 is 35.1 Å². The molecule has 3 rings (SSSR count). The summed E-state index contributed by atoms with van der Waals surface area (Å²) in [5, 5.41) is 15.0. The van der Waals surface area contributed by atoms with Gasteiger partial charge in [-0.15, -0.1) is 11.8 Å². The summed E-state index contributed by atoms with van der Waals surface area (Å²) < 4.78 is 0. The molecule has 2 nitrogen and oxygen atoms in total. The van der Waals surface area contributed by atoms with Crippen LogP contribution in [0.5, 0.6) is 0 Å². The zero-order valence-corrected chi connectivity index (χ0v) is 13.8. The normalized spacial score (nSPS) is 25.2. The number of hydrogen-bond donors (Lipinski definition) is 2. The molecule has 0 aliphatic carbocycles. The highest BCUT2D eigenvalue weighted by atomic mass is 35.5. The number of halogens is 1. The Bertz CT molecular complexity index is 477. The third-order valence-electron chi connectivity index (χ3n) is 4.11. The fraction of sp³-hybridized carbons (Fsp3) is 0.600. The fourth-order valence-corrected chi connectivity index (χ4v) is 5.36. The van der Waals surface area contributed by atoms with Crippen LogP contribution in [0.1, 0.15) is 30.9 Å². The minimum absolute atomic E-state index is 0.323. The first-order valence-corrected chi connectivity index (χ1v) is 9.64. The summed E-state index contributed by atoms with van der Waals surface area (Å²) in [7, 11) is 0. The van der Waals surface area contributed by atoms with E-state index in [1.807, 2.05) is 29.6 Å². The molecule has 0 saturated carbocycles. The Hall–Kier alpha value is 0.130. The van der Waals surface area contributed by atoms with Gasteiger partial charge < -0.3 is 10.4 Å². The second-order valence-corrected chi connectivity index (χ2v) is 8.39. The van der Waals surface area contributed by atoms with Crippen LogP contribution in [0.3, 0.4) is 0 Å². The van der Waals surface area contributed by atoms with Crippen LogP contribution in [0.2, 0.25) is 5.02 Å². The molecule has 2 heterocycles. The SMILES string of the molecule is OC1(CNC2CCSc3ccc(Cl)cc32)CCSCC1. The highest BCUT2D eigenvalue weighted by Crippen LogP contribution is 2.38. The average molecular weight is 330 g/mol. The highest BCUT2D eigenvalue weighted by Gasteiger charge is 2.31. The minimum atomic E-state index is -0.519. The molecule has 20 heavy (non-hydrogen) atoms. The molecular formula is C15H20ClNOS2. The molecule has 2 N–H and O–H groups in total. The molecule has 1 aromatic carbocycles. The van der Waals surface area contributed by atoms with Crippen LogP contribution < -0.4 is 5.32 Å². The van der Waals surface area contributed by atoms with Crippen LogP contribution in [0.4, 0.5) is 0 Å². The van der Waals surface area contributed by atoms with Crippen molar-refractivity contribution in [1.82, 2.24) is 5.32 Å². The summed E-state index contributed by atoms with van der Waals surface area (Å²) in [5.41, 5.74) is 0.775. The summed E-state index contributed by atoms with van der Waals surface area (Å²) in [6.45, 7) is 0.689. The Balaban J connectivity index is 1.68. The van der Waals surface area contributed by atoms with Crippen molar-refractivity contribution < 1.29 is 5.11 Å². The van der Waals surface area contributed by atoms with Crippen molar-refractivity contribution in [2.45, 2.75) is 35.8 Å². The highest BCUT2D eigenvalue weighted by molar-refractivity contribution is 7.99. The maximum atomic E-state index is 10.6. The first kappa shape index (κ1) is 15.0. The van der Waals surface area contributed by atoms with E-state index in [1.54, 1.807) is 0 Å². The van der Waals surface area contributed by atoms with Crippen molar-refractivity contribution in [3.05, 3.63) is 28.8 Å². The van der Waals surface area contributed by atoms with E-state index in [2.05, 4.69) is 17.4 Å². The van der Waals surface area contributed by atoms with Crippen LogP contribution in [0, 0.1) is 0 Å². The standard InChI is InChI=1S/C15H20ClNOS2/c16-11-1-2-14-12(9-11)13(3-6-20-14)17-10-15(18)4-7-19-8-5-15/h1-2,9,13,17-18H,3-8,10H2. The third-order valence-corrected chi connectivity index (χ3v) is 6.46. The molecule has 1 atom stereocenters. The molecule has 1 aromatic rings. The summed E-state index contributed by atoms with van der Waals surface area (Å²) in [5.74, 6) is 3.27. The van der Waals surface area contributed by atoms with Crippen molar-refractivity contribution in [3.8, 4) is 0 Å². The first-order chi connectivity index (χ1) is 9.66. The van der Waals surface area contributed by atoms with Gasteiger partial charge >= 0.3 is 0 Å². The quantitative estimate of drug-likeness (QED) is 0.885. The first-order valence-electron chi connectivity index (χ1n) is 7.12. The van der Waals surface area contributed by atoms with Crippen molar-refractivity contribution in [3.63, 3.8) is 0 Å². The van der Waals surface area contributed by atoms with Gasteiger partial charge in [0.05, 0.1) is 5.60 Å². The lowest BCUT2D eigenvalue weighted by Crippen LogP contribution is -2.44. The third kappa shape index (κ3) is 3.47. The van der Waals surface area contributed by atoms with E-state index in [0.717, 1.165) is 41.5 Å². The van der Waals surface area contributed by atoms with E-state index < -0.39 is 5.60 Å². The zero-order chi connectivity index (χ0) is 14.0. The topological polar surface area (TPSA) is 32.3 Å². The van der Waals surface area contributed by atoms with E-state index in [4.69, 9.17) is 11.6 Å². The van der Waals surface area contributed by atoms with Crippen molar-refractivity contribution in [2.75, 3.05) is 23.8 Å². The lowest BCUT2D eigenvalue weighted by molar-refractivity contribution is 0.0293. The Kier molecular flexibility index (Phi) is 4.88. The Labute approximate surface area is 134 Å². The molecule has 2 aliphatic rings. The number of aliphatic hydroxyl groups is 1. The number of nitrogens with one attached hydrogen (secondary N) is 1. The van der Waals surface area contributed by atoms with Gasteiger partial charge in [-0.2, -0.15) is 11.8 Å². The fourth-order valence-electron chi connectivity index (χ4n) is 2.82. The monoisotopic (exact) mass is 329 g/mol. The van der Waals surface area contributed by atoms with Gasteiger partial charge in [0.1, 0.15) is 0 Å². The summed E-state index contributed by atoms with van der Waals surface area (Å²) in [4.78, 5) is 1.32. The predicted molar refractivity (Wildman–Crippen MR) is 89.0 cm³/mol. The maximum Gasteiger partial charge on any atom is 0.0787 e. The Morgan fingerprint density at radius 3 is 2.90 bits per heavy atom. The minimum Gasteiger partial charge on any atom is -0.389 e. The molecule has 0 spiro atoms. The molecule has 1 fully saturated rings. The molecule has 110 valence electrons. The Morgan fingerprint density at radius 1 is 1.30 bits per heavy atom. The van der Waals surface area contributed by atoms with Crippen LogP contribution in [0.15, 0.2) is 23.1 Å². The van der Waals surface area contributed by atoms with Gasteiger partial charge in [0.15, 0.2) is 0 Å². The number of thioether (sulfide) groups is 2. The van der Waals surface area contributed by atoms with Gasteiger partial charge in [0.2, 0.25) is 0 Å². The van der Waals surface area contributed by atoms with Crippen LogP contribution >= 0.6 is 35.1 Å². The predicted octanol–water partition coefficient (Wildman–Crippen LogP) is 3.72. The molecular weight excluding hydrogens is 310 g/mol. The van der Waals surface area contributed by atoms with E-state index >= 15 is 0 Å². The second kappa shape index (κ2) is 6.49. The summed E-state index contributed by atoms with van der Waals surface area (Å²) >= 11 is 9.97. The molecule has 1 saturated heterocycles. The summed E-state index contributed by atoms with van der Waals surface area (Å²) in [6.07, 6.45) is 2.89. The van der Waals surface area contributed by atoms with Gasteiger partial charge in [0, 0.05) is 22.5 Å². The number of hydrogen-bond acceptors (Lipinski definition) is 4. The van der Waals surface area contributed by atoms with Gasteiger partial charge in [-0.3, -0.25) is 0 Å². The molecule has 0 aromatic heterocycles. The van der Waals surface area contributed by atoms with Gasteiger partial charge in [-0.05, 0) is 60.3 Å². The second-order valence-electron chi connectivity index (χ2n) is 5.59. The van der Waals surface area contributed by atoms with E-state index in [-0.39, 0.29) is 0 Å². The van der Waals surface area contributed by atoms with E-state index in [9.17, 15) is 5.11 Å². The molecule has 0 radical (unpaired) electrons. The van der Waals surface area contributed by atoms with Crippen LogP contribution in [-0.4, -0.2) is 34.5 Å². The lowest BCUT2D eigenvalue weighted by Gasteiger charge is -2.35. The van der Waals surface area contributed by atoms with Gasteiger partial charge in [-0.25, -0.2) is 0 Å². The van der Waals surface area contributed by atoms with Crippen LogP contribution in [0.25, 0.3) is 0 Å². The smallest absolute Gasteiger partial charge is 0.0787 e. The average Bonchev–Trinajstić information content (AvgIpc) is 2.46. The Morgan fingerprint density at radius 2 is 2.10 bits per heavy atom. The van der Waals surface area contributed by atoms with Gasteiger partial charge in [0.25, 0.3) is 0 Å². The lowest BCUT2D eigenvalue weighted by atomic mass is 9.95. The molecule has 1 unspecified atom stereocenters. The van der Waals surface area contributed by atoms with Crippen molar-refractivity contribution in [1.29, 1.82) is 0 Å². The number of fused-ring (bicyclic) bond motifs is 1. The van der Waals surface area contributed by atoms with E-state index in [0.29, 0.717) is 12.6 Å². The molecule has 0 bridgehead atoms. The maximum absolute atomic E-state index is 10.6. The summed E-state index contributed by atoms with van der Waals surface area (Å²) in [6, 6.07) is 6.47. The largest absolute Gasteiger partial charge is 0.389 e. The van der Waals surface area contributed by atoms with Crippen molar-refractivity contribution in [2.24, 2.45) is 0 Å². The van der Waals surface area contributed by atoms with Gasteiger partial charge in [-0.1, -0.05) is 11.6 Å². The molecule has 5 heteroatoms. The zero-order valence-electron chi connectivity index (χ0n) is 11.4. The van der Waals surface area contributed by atoms with E-state index in [1.165, 1.54) is 10.5 Å². The van der Waals surface area contributed by atoms with Crippen LogP contribution in [-0.2, 0) is 0 Å². The number of rotatable bonds is 3. The number of benzene rings is 1.